The molecule has 0 fully saturated rings. The van der Waals surface area contributed by atoms with Gasteiger partial charge in [0.25, 0.3) is 0 Å². The summed E-state index contributed by atoms with van der Waals surface area (Å²) in [5.41, 5.74) is 1.04. The molecule has 0 bridgehead atoms. The van der Waals surface area contributed by atoms with Crippen LogP contribution in [0.3, 0.4) is 0 Å². The second-order valence-electron chi connectivity index (χ2n) is 3.07. The van der Waals surface area contributed by atoms with Gasteiger partial charge in [0.05, 0.1) is 10.6 Å². The molecule has 0 atom stereocenters. The number of hydrogen-bond donors (Lipinski definition) is 0. The van der Waals surface area contributed by atoms with Gasteiger partial charge < -0.3 is 0 Å². The lowest BCUT2D eigenvalue weighted by Crippen LogP contribution is -2.04. The summed E-state index contributed by atoms with van der Waals surface area (Å²) in [6, 6.07) is 7.04. The molecule has 0 N–H and O–H groups in total. The third kappa shape index (κ3) is 2.45. The second-order valence-corrected chi connectivity index (χ2v) is 5.11. The molecule has 0 radical (unpaired) electrons. The van der Waals surface area contributed by atoms with E-state index in [4.69, 9.17) is 0 Å². The number of rotatable bonds is 4. The van der Waals surface area contributed by atoms with Crippen molar-refractivity contribution < 1.29 is 8.42 Å². The predicted molar refractivity (Wildman–Crippen MR) is 58.1 cm³/mol. The maximum absolute atomic E-state index is 11.6. The van der Waals surface area contributed by atoms with E-state index in [1.807, 2.05) is 13.0 Å². The van der Waals surface area contributed by atoms with E-state index >= 15 is 0 Å². The van der Waals surface area contributed by atoms with Crippen LogP contribution in [0.4, 0.5) is 0 Å². The lowest BCUT2D eigenvalue weighted by molar-refractivity contribution is 0.599. The minimum absolute atomic E-state index is 0.000166. The largest absolute Gasteiger partial charge is 0.223 e. The molecule has 1 aromatic carbocycles. The molecule has 0 aliphatic heterocycles. The molecule has 1 aromatic rings. The molecular weight excluding hydrogens is 196 g/mol. The van der Waals surface area contributed by atoms with Crippen LogP contribution in [0.2, 0.25) is 0 Å². The Morgan fingerprint density at radius 1 is 1.43 bits per heavy atom. The maximum Gasteiger partial charge on any atom is 0.181 e. The Balaban J connectivity index is 3.12. The van der Waals surface area contributed by atoms with Crippen LogP contribution in [0.1, 0.15) is 12.5 Å². The van der Waals surface area contributed by atoms with Gasteiger partial charge in [-0.3, -0.25) is 0 Å². The quantitative estimate of drug-likeness (QED) is 0.714. The first-order valence-corrected chi connectivity index (χ1v) is 6.18. The summed E-state index contributed by atoms with van der Waals surface area (Å²) in [5.74, 6) is 0.000166. The minimum atomic E-state index is -3.16. The van der Waals surface area contributed by atoms with Gasteiger partial charge in [0.2, 0.25) is 0 Å². The molecule has 1 rings (SSSR count). The Bertz CT molecular complexity index is 419. The third-order valence-electron chi connectivity index (χ3n) is 2.00. The first-order chi connectivity index (χ1) is 6.60. The Hall–Kier alpha value is -1.09. The van der Waals surface area contributed by atoms with Crippen LogP contribution in [0.25, 0.3) is 0 Å². The van der Waals surface area contributed by atoms with E-state index in [-0.39, 0.29) is 5.75 Å². The molecule has 0 heterocycles. The van der Waals surface area contributed by atoms with Crippen molar-refractivity contribution in [2.24, 2.45) is 0 Å². The van der Waals surface area contributed by atoms with Gasteiger partial charge in [-0.15, -0.1) is 6.58 Å². The van der Waals surface area contributed by atoms with E-state index in [9.17, 15) is 8.42 Å². The number of hydrogen-bond acceptors (Lipinski definition) is 2. The van der Waals surface area contributed by atoms with Crippen LogP contribution in [0.15, 0.2) is 41.8 Å². The van der Waals surface area contributed by atoms with E-state index in [1.165, 1.54) is 6.08 Å². The third-order valence-corrected chi connectivity index (χ3v) is 3.65. The fraction of sp³-hybridized carbons (Fsp3) is 0.273. The lowest BCUT2D eigenvalue weighted by Gasteiger charge is -2.03. The van der Waals surface area contributed by atoms with Gasteiger partial charge in [0, 0.05) is 0 Å². The Kier molecular flexibility index (Phi) is 3.47. The Labute approximate surface area is 85.2 Å². The molecule has 0 amide bonds. The molecule has 0 saturated carbocycles. The van der Waals surface area contributed by atoms with Crippen molar-refractivity contribution in [1.82, 2.24) is 0 Å². The molecule has 0 spiro atoms. The molecule has 0 unspecified atom stereocenters. The van der Waals surface area contributed by atoms with Crippen LogP contribution in [0, 0.1) is 0 Å². The van der Waals surface area contributed by atoms with Crippen molar-refractivity contribution in [2.75, 3.05) is 5.75 Å². The van der Waals surface area contributed by atoms with Gasteiger partial charge in [0.1, 0.15) is 0 Å². The van der Waals surface area contributed by atoms with Gasteiger partial charge in [-0.05, 0) is 24.1 Å². The van der Waals surface area contributed by atoms with Crippen molar-refractivity contribution in [3.63, 3.8) is 0 Å². The fourth-order valence-corrected chi connectivity index (χ4v) is 2.33. The van der Waals surface area contributed by atoms with E-state index in [2.05, 4.69) is 6.58 Å². The molecule has 3 heteroatoms. The molecule has 2 nitrogen and oxygen atoms in total. The topological polar surface area (TPSA) is 34.1 Å². The highest BCUT2D eigenvalue weighted by atomic mass is 32.2. The predicted octanol–water partition coefficient (Wildman–Crippen LogP) is 2.21. The summed E-state index contributed by atoms with van der Waals surface area (Å²) in [5, 5.41) is 0. The SMILES string of the molecule is C=CCS(=O)(=O)c1cccc(CC)c1. The highest BCUT2D eigenvalue weighted by Gasteiger charge is 2.11. The average molecular weight is 210 g/mol. The first kappa shape index (κ1) is 11.0. The number of benzene rings is 1. The standard InChI is InChI=1S/C11H14O2S/c1-3-8-14(12,13)11-7-5-6-10(4-2)9-11/h3,5-7,9H,1,4,8H2,2H3. The molecule has 0 aliphatic carbocycles. The number of aryl methyl sites for hydroxylation is 1. The van der Waals surface area contributed by atoms with Crippen LogP contribution in [-0.2, 0) is 16.3 Å². The summed E-state index contributed by atoms with van der Waals surface area (Å²) in [6.45, 7) is 5.43. The zero-order valence-corrected chi connectivity index (χ0v) is 9.05. The van der Waals surface area contributed by atoms with Crippen molar-refractivity contribution in [3.05, 3.63) is 42.5 Å². The van der Waals surface area contributed by atoms with Gasteiger partial charge in [0.15, 0.2) is 9.84 Å². The second kappa shape index (κ2) is 4.42. The summed E-state index contributed by atoms with van der Waals surface area (Å²) >= 11 is 0. The normalized spacial score (nSPS) is 11.2. The van der Waals surface area contributed by atoms with Crippen molar-refractivity contribution >= 4 is 9.84 Å². The molecule has 0 aliphatic rings. The van der Waals surface area contributed by atoms with Crippen LogP contribution < -0.4 is 0 Å². The summed E-state index contributed by atoms with van der Waals surface area (Å²) in [7, 11) is -3.16. The summed E-state index contributed by atoms with van der Waals surface area (Å²) in [6.07, 6.45) is 2.26. The van der Waals surface area contributed by atoms with Gasteiger partial charge in [-0.25, -0.2) is 8.42 Å². The van der Waals surface area contributed by atoms with E-state index < -0.39 is 9.84 Å². The van der Waals surface area contributed by atoms with Crippen LogP contribution in [-0.4, -0.2) is 14.2 Å². The summed E-state index contributed by atoms with van der Waals surface area (Å²) in [4.78, 5) is 0.386. The Morgan fingerprint density at radius 3 is 2.71 bits per heavy atom. The van der Waals surface area contributed by atoms with E-state index in [0.29, 0.717) is 4.90 Å². The smallest absolute Gasteiger partial charge is 0.181 e. The maximum atomic E-state index is 11.6. The lowest BCUT2D eigenvalue weighted by atomic mass is 10.2. The van der Waals surface area contributed by atoms with Gasteiger partial charge in [-0.2, -0.15) is 0 Å². The highest BCUT2D eigenvalue weighted by Crippen LogP contribution is 2.13. The van der Waals surface area contributed by atoms with Crippen LogP contribution in [0.5, 0.6) is 0 Å². The molecule has 76 valence electrons. The van der Waals surface area contributed by atoms with Crippen molar-refractivity contribution in [1.29, 1.82) is 0 Å². The molecule has 0 aromatic heterocycles. The molecular formula is C11H14O2S. The average Bonchev–Trinajstić information content (AvgIpc) is 2.18. The molecule has 14 heavy (non-hydrogen) atoms. The van der Waals surface area contributed by atoms with Gasteiger partial charge >= 0.3 is 0 Å². The van der Waals surface area contributed by atoms with Gasteiger partial charge in [-0.1, -0.05) is 25.1 Å². The van der Waals surface area contributed by atoms with E-state index in [1.54, 1.807) is 18.2 Å². The molecule has 0 saturated heterocycles. The highest BCUT2D eigenvalue weighted by molar-refractivity contribution is 7.91. The summed E-state index contributed by atoms with van der Waals surface area (Å²) < 4.78 is 23.3. The zero-order chi connectivity index (χ0) is 10.6. The fourth-order valence-electron chi connectivity index (χ4n) is 1.21. The van der Waals surface area contributed by atoms with Crippen LogP contribution >= 0.6 is 0 Å². The Morgan fingerprint density at radius 2 is 2.14 bits per heavy atom. The van der Waals surface area contributed by atoms with E-state index in [0.717, 1.165) is 12.0 Å². The monoisotopic (exact) mass is 210 g/mol. The van der Waals surface area contributed by atoms with Crippen molar-refractivity contribution in [2.45, 2.75) is 18.2 Å². The first-order valence-electron chi connectivity index (χ1n) is 4.52. The zero-order valence-electron chi connectivity index (χ0n) is 8.23. The minimum Gasteiger partial charge on any atom is -0.223 e. The van der Waals surface area contributed by atoms with Crippen molar-refractivity contribution in [3.8, 4) is 0 Å². The number of sulfone groups is 1.